The lowest BCUT2D eigenvalue weighted by Gasteiger charge is -2.22. The third-order valence-electron chi connectivity index (χ3n) is 3.01. The Morgan fingerprint density at radius 1 is 1.19 bits per heavy atom. The van der Waals surface area contributed by atoms with Crippen LogP contribution in [0, 0.1) is 10.1 Å². The van der Waals surface area contributed by atoms with E-state index in [4.69, 9.17) is 0 Å². The zero-order chi connectivity index (χ0) is 15.6. The first-order valence-electron chi connectivity index (χ1n) is 6.32. The Labute approximate surface area is 130 Å². The molecule has 0 spiro atoms. The first-order chi connectivity index (χ1) is 9.79. The second kappa shape index (κ2) is 5.83. The molecule has 110 valence electrons. The van der Waals surface area contributed by atoms with E-state index >= 15 is 0 Å². The summed E-state index contributed by atoms with van der Waals surface area (Å²) in [5.74, 6) is 0. The normalized spacial score (nSPS) is 11.2. The Balaban J connectivity index is 2.49. The molecule has 0 fully saturated rings. The van der Waals surface area contributed by atoms with Gasteiger partial charge in [0.2, 0.25) is 0 Å². The molecule has 2 aromatic rings. The fourth-order valence-electron chi connectivity index (χ4n) is 2.04. The SMILES string of the molecule is CC(C)(O)c1ccccc1Nc1cc(Br)ccc1[N+](=O)[O-]. The Morgan fingerprint density at radius 3 is 2.48 bits per heavy atom. The van der Waals surface area contributed by atoms with Crippen molar-refractivity contribution in [2.75, 3.05) is 5.32 Å². The lowest BCUT2D eigenvalue weighted by atomic mass is 9.96. The van der Waals surface area contributed by atoms with E-state index in [1.807, 2.05) is 6.07 Å². The Kier molecular flexibility index (Phi) is 4.29. The monoisotopic (exact) mass is 350 g/mol. The number of hydrogen-bond donors (Lipinski definition) is 2. The molecule has 0 aliphatic carbocycles. The van der Waals surface area contributed by atoms with Crippen molar-refractivity contribution in [1.82, 2.24) is 0 Å². The number of hydrogen-bond acceptors (Lipinski definition) is 4. The lowest BCUT2D eigenvalue weighted by Crippen LogP contribution is -2.17. The third-order valence-corrected chi connectivity index (χ3v) is 3.50. The number of nitro groups is 1. The smallest absolute Gasteiger partial charge is 0.292 e. The van der Waals surface area contributed by atoms with Gasteiger partial charge in [-0.15, -0.1) is 0 Å². The Hall–Kier alpha value is -1.92. The Morgan fingerprint density at radius 2 is 1.86 bits per heavy atom. The zero-order valence-corrected chi connectivity index (χ0v) is 13.2. The van der Waals surface area contributed by atoms with Gasteiger partial charge in [-0.25, -0.2) is 0 Å². The summed E-state index contributed by atoms with van der Waals surface area (Å²) < 4.78 is 0.733. The number of aliphatic hydroxyl groups is 1. The van der Waals surface area contributed by atoms with E-state index in [0.717, 1.165) is 4.47 Å². The zero-order valence-electron chi connectivity index (χ0n) is 11.6. The maximum absolute atomic E-state index is 11.1. The van der Waals surface area contributed by atoms with E-state index in [0.29, 0.717) is 16.9 Å². The summed E-state index contributed by atoms with van der Waals surface area (Å²) >= 11 is 3.30. The molecule has 0 heterocycles. The molecular weight excluding hydrogens is 336 g/mol. The van der Waals surface area contributed by atoms with Crippen LogP contribution in [0.4, 0.5) is 17.1 Å². The fraction of sp³-hybridized carbons (Fsp3) is 0.200. The number of nitrogens with zero attached hydrogens (tertiary/aromatic N) is 1. The molecule has 0 unspecified atom stereocenters. The van der Waals surface area contributed by atoms with Gasteiger partial charge in [0.1, 0.15) is 5.69 Å². The van der Waals surface area contributed by atoms with Crippen LogP contribution in [0.5, 0.6) is 0 Å². The minimum atomic E-state index is -1.05. The molecule has 5 nitrogen and oxygen atoms in total. The van der Waals surface area contributed by atoms with E-state index in [-0.39, 0.29) is 5.69 Å². The van der Waals surface area contributed by atoms with Crippen LogP contribution < -0.4 is 5.32 Å². The topological polar surface area (TPSA) is 75.4 Å². The van der Waals surface area contributed by atoms with E-state index in [1.165, 1.54) is 6.07 Å². The fourth-order valence-corrected chi connectivity index (χ4v) is 2.40. The molecular formula is C15H15BrN2O3. The predicted octanol–water partition coefficient (Wildman–Crippen LogP) is 4.33. The second-order valence-corrected chi connectivity index (χ2v) is 6.06. The minimum absolute atomic E-state index is 0.0243. The third kappa shape index (κ3) is 3.59. The van der Waals surface area contributed by atoms with Crippen molar-refractivity contribution in [2.45, 2.75) is 19.4 Å². The van der Waals surface area contributed by atoms with E-state index in [9.17, 15) is 15.2 Å². The van der Waals surface area contributed by atoms with E-state index in [2.05, 4.69) is 21.2 Å². The van der Waals surface area contributed by atoms with Crippen molar-refractivity contribution < 1.29 is 10.0 Å². The van der Waals surface area contributed by atoms with Crippen LogP contribution in [-0.4, -0.2) is 10.0 Å². The van der Waals surface area contributed by atoms with Gasteiger partial charge in [0, 0.05) is 21.8 Å². The molecule has 0 saturated carbocycles. The molecule has 6 heteroatoms. The summed E-state index contributed by atoms with van der Waals surface area (Å²) in [5.41, 5.74) is 0.588. The summed E-state index contributed by atoms with van der Waals surface area (Å²) in [7, 11) is 0. The molecule has 0 aliphatic rings. The molecule has 0 bridgehead atoms. The summed E-state index contributed by atoms with van der Waals surface area (Å²) in [6.07, 6.45) is 0. The number of rotatable bonds is 4. The maximum atomic E-state index is 11.1. The standard InChI is InChI=1S/C15H15BrN2O3/c1-15(2,19)11-5-3-4-6-12(11)17-13-9-10(16)7-8-14(13)18(20)21/h3-9,17,19H,1-2H3. The molecule has 2 rings (SSSR count). The van der Waals surface area contributed by atoms with Crippen LogP contribution in [0.2, 0.25) is 0 Å². The van der Waals surface area contributed by atoms with E-state index < -0.39 is 10.5 Å². The number of anilines is 2. The highest BCUT2D eigenvalue weighted by atomic mass is 79.9. The number of nitro benzene ring substituents is 1. The summed E-state index contributed by atoms with van der Waals surface area (Å²) in [5, 5.41) is 24.3. The average Bonchev–Trinajstić information content (AvgIpc) is 2.37. The van der Waals surface area contributed by atoms with Gasteiger partial charge in [-0.1, -0.05) is 34.1 Å². The summed E-state index contributed by atoms with van der Waals surface area (Å²) in [6, 6.07) is 11.9. The van der Waals surface area contributed by atoms with Crippen LogP contribution >= 0.6 is 15.9 Å². The van der Waals surface area contributed by atoms with Gasteiger partial charge >= 0.3 is 0 Å². The van der Waals surface area contributed by atoms with Gasteiger partial charge < -0.3 is 10.4 Å². The van der Waals surface area contributed by atoms with E-state index in [1.54, 1.807) is 44.2 Å². The van der Waals surface area contributed by atoms with Crippen molar-refractivity contribution in [1.29, 1.82) is 0 Å². The molecule has 2 aromatic carbocycles. The number of benzene rings is 2. The summed E-state index contributed by atoms with van der Waals surface area (Å²) in [4.78, 5) is 10.7. The molecule has 0 amide bonds. The van der Waals surface area contributed by atoms with Gasteiger partial charge in [0.25, 0.3) is 5.69 Å². The Bertz CT molecular complexity index is 681. The number of halogens is 1. The molecule has 21 heavy (non-hydrogen) atoms. The highest BCUT2D eigenvalue weighted by Gasteiger charge is 2.21. The van der Waals surface area contributed by atoms with Crippen molar-refractivity contribution in [2.24, 2.45) is 0 Å². The molecule has 2 N–H and O–H groups in total. The lowest BCUT2D eigenvalue weighted by molar-refractivity contribution is -0.383. The molecule has 0 aromatic heterocycles. The number of para-hydroxylation sites is 1. The van der Waals surface area contributed by atoms with Crippen LogP contribution in [0.3, 0.4) is 0 Å². The first kappa shape index (κ1) is 15.5. The molecule has 0 aliphatic heterocycles. The van der Waals surface area contributed by atoms with Crippen LogP contribution in [0.1, 0.15) is 19.4 Å². The van der Waals surface area contributed by atoms with Crippen molar-refractivity contribution >= 4 is 33.0 Å². The largest absolute Gasteiger partial charge is 0.386 e. The highest BCUT2D eigenvalue weighted by molar-refractivity contribution is 9.10. The maximum Gasteiger partial charge on any atom is 0.292 e. The van der Waals surface area contributed by atoms with Gasteiger partial charge in [-0.05, 0) is 32.0 Å². The van der Waals surface area contributed by atoms with Crippen molar-refractivity contribution in [3.05, 3.63) is 62.6 Å². The van der Waals surface area contributed by atoms with Crippen LogP contribution in [0.15, 0.2) is 46.9 Å². The minimum Gasteiger partial charge on any atom is -0.386 e. The number of nitrogens with one attached hydrogen (secondary N) is 1. The second-order valence-electron chi connectivity index (χ2n) is 5.15. The van der Waals surface area contributed by atoms with Crippen LogP contribution in [0.25, 0.3) is 0 Å². The van der Waals surface area contributed by atoms with Gasteiger partial charge in [-0.2, -0.15) is 0 Å². The molecule has 0 saturated heterocycles. The molecule has 0 atom stereocenters. The van der Waals surface area contributed by atoms with Crippen LogP contribution in [-0.2, 0) is 5.60 Å². The van der Waals surface area contributed by atoms with Gasteiger partial charge in [-0.3, -0.25) is 10.1 Å². The van der Waals surface area contributed by atoms with Crippen molar-refractivity contribution in [3.63, 3.8) is 0 Å². The van der Waals surface area contributed by atoms with Crippen molar-refractivity contribution in [3.8, 4) is 0 Å². The van der Waals surface area contributed by atoms with Gasteiger partial charge in [0.05, 0.1) is 10.5 Å². The highest BCUT2D eigenvalue weighted by Crippen LogP contribution is 2.34. The predicted molar refractivity (Wildman–Crippen MR) is 85.8 cm³/mol. The molecule has 0 radical (unpaired) electrons. The first-order valence-corrected chi connectivity index (χ1v) is 7.11. The average molecular weight is 351 g/mol. The quantitative estimate of drug-likeness (QED) is 0.635. The van der Waals surface area contributed by atoms with Gasteiger partial charge in [0.15, 0.2) is 0 Å². The summed E-state index contributed by atoms with van der Waals surface area (Å²) in [6.45, 7) is 3.34.